The number of pyridine rings is 1. The molecule has 1 aliphatic rings. The Hall–Kier alpha value is -0.901. The molecule has 3 heterocycles. The molecule has 1 atom stereocenters. The van der Waals surface area contributed by atoms with Gasteiger partial charge in [-0.3, -0.25) is 0 Å². The van der Waals surface area contributed by atoms with Gasteiger partial charge in [0.05, 0.1) is 0 Å². The fourth-order valence-corrected chi connectivity index (χ4v) is 3.22. The quantitative estimate of drug-likeness (QED) is 0.764. The van der Waals surface area contributed by atoms with Crippen LogP contribution >= 0.6 is 0 Å². The topological polar surface area (TPSA) is 39.9 Å². The third-order valence-electron chi connectivity index (χ3n) is 2.88. The van der Waals surface area contributed by atoms with Crippen LogP contribution in [0.3, 0.4) is 0 Å². The molecule has 2 aromatic heterocycles. The van der Waals surface area contributed by atoms with Gasteiger partial charge in [0.1, 0.15) is 0 Å². The molecule has 0 radical (unpaired) electrons. The second kappa shape index (κ2) is 4.17. The van der Waals surface area contributed by atoms with E-state index in [1.54, 1.807) is 0 Å². The van der Waals surface area contributed by atoms with Crippen LogP contribution in [0.4, 0.5) is 0 Å². The van der Waals surface area contributed by atoms with Crippen molar-refractivity contribution in [1.29, 1.82) is 0 Å². The third-order valence-corrected chi connectivity index (χ3v) is 4.32. The first-order chi connectivity index (χ1) is 7.90. The van der Waals surface area contributed by atoms with Gasteiger partial charge >= 0.3 is 99.9 Å². The van der Waals surface area contributed by atoms with Gasteiger partial charge in [-0.15, -0.1) is 0 Å². The minimum absolute atomic E-state index is 0.369. The molecule has 3 rings (SSSR count). The molecular formula is C11H13N3OSe. The fraction of sp³-hybridized carbons (Fsp3) is 0.455. The summed E-state index contributed by atoms with van der Waals surface area (Å²) in [6.07, 6.45) is 2.88. The normalized spacial score (nSPS) is 20.7. The van der Waals surface area contributed by atoms with E-state index >= 15 is 0 Å². The third kappa shape index (κ3) is 1.56. The summed E-state index contributed by atoms with van der Waals surface area (Å²) in [7, 11) is 0. The van der Waals surface area contributed by atoms with Crippen molar-refractivity contribution in [2.24, 2.45) is 0 Å². The number of rotatable bonds is 2. The number of hydrogen-bond acceptors (Lipinski definition) is 3. The number of hydrogen-bond donors (Lipinski definition) is 0. The maximum absolute atomic E-state index is 5.42. The number of nitrogens with zero attached hydrogens (tertiary/aromatic N) is 3. The van der Waals surface area contributed by atoms with Gasteiger partial charge in [-0.2, -0.15) is 0 Å². The van der Waals surface area contributed by atoms with Crippen molar-refractivity contribution in [3.63, 3.8) is 0 Å². The molecule has 1 unspecified atom stereocenters. The molecule has 0 aliphatic carbocycles. The van der Waals surface area contributed by atoms with Crippen LogP contribution in [0, 0.1) is 0 Å². The Labute approximate surface area is 100 Å². The van der Waals surface area contributed by atoms with Crippen LogP contribution in [0.2, 0.25) is 5.82 Å². The first-order valence-corrected chi connectivity index (χ1v) is 7.92. The number of fused-ring (bicyclic) bond motifs is 1. The Morgan fingerprint density at radius 2 is 2.50 bits per heavy atom. The van der Waals surface area contributed by atoms with Crippen molar-refractivity contribution in [1.82, 2.24) is 14.8 Å². The van der Waals surface area contributed by atoms with E-state index in [2.05, 4.69) is 21.6 Å². The van der Waals surface area contributed by atoms with Gasteiger partial charge in [0, 0.05) is 0 Å². The summed E-state index contributed by atoms with van der Waals surface area (Å²) in [6, 6.07) is 4.46. The molecule has 84 valence electrons. The summed E-state index contributed by atoms with van der Waals surface area (Å²) in [5.41, 5.74) is 1.01. The molecule has 0 bridgehead atoms. The monoisotopic (exact) mass is 283 g/mol. The van der Waals surface area contributed by atoms with Crippen LogP contribution in [0.25, 0.3) is 11.0 Å². The summed E-state index contributed by atoms with van der Waals surface area (Å²) >= 11 is 0.409. The molecule has 0 saturated carbocycles. The molecule has 16 heavy (non-hydrogen) atoms. The van der Waals surface area contributed by atoms with Crippen molar-refractivity contribution in [2.75, 3.05) is 13.2 Å². The summed E-state index contributed by atoms with van der Waals surface area (Å²) < 4.78 is 8.68. The van der Waals surface area contributed by atoms with E-state index < -0.39 is 0 Å². The first kappa shape index (κ1) is 10.3. The zero-order valence-electron chi connectivity index (χ0n) is 9.09. The van der Waals surface area contributed by atoms with Crippen LogP contribution < -0.4 is 4.59 Å². The average Bonchev–Trinajstić information content (AvgIpc) is 2.95. The Bertz CT molecular complexity index is 505. The fourth-order valence-electron chi connectivity index (χ4n) is 2.07. The second-order valence-electron chi connectivity index (χ2n) is 3.85. The summed E-state index contributed by atoms with van der Waals surface area (Å²) in [5, 5.41) is 5.90. The number of ether oxygens (including phenoxy) is 1. The molecule has 1 fully saturated rings. The van der Waals surface area contributed by atoms with E-state index in [9.17, 15) is 0 Å². The molecule has 0 spiro atoms. The van der Waals surface area contributed by atoms with Crippen molar-refractivity contribution in [3.05, 3.63) is 18.3 Å². The van der Waals surface area contributed by atoms with Gasteiger partial charge in [-0.1, -0.05) is 0 Å². The van der Waals surface area contributed by atoms with Gasteiger partial charge in [0.2, 0.25) is 0 Å². The summed E-state index contributed by atoms with van der Waals surface area (Å²) in [4.78, 5) is 4.45. The van der Waals surface area contributed by atoms with Gasteiger partial charge in [0.15, 0.2) is 0 Å². The Morgan fingerprint density at radius 3 is 3.25 bits per heavy atom. The Morgan fingerprint density at radius 1 is 1.56 bits per heavy atom. The van der Waals surface area contributed by atoms with Gasteiger partial charge in [0.25, 0.3) is 0 Å². The van der Waals surface area contributed by atoms with Crippen molar-refractivity contribution >= 4 is 30.6 Å². The van der Waals surface area contributed by atoms with Gasteiger partial charge in [-0.05, 0) is 0 Å². The Kier molecular flexibility index (Phi) is 2.67. The van der Waals surface area contributed by atoms with E-state index in [-0.39, 0.29) is 0 Å². The zero-order chi connectivity index (χ0) is 11.0. The SMILES string of the molecule is C[Se]c1nn(C2CCOC2)c2ncccc12. The average molecular weight is 282 g/mol. The zero-order valence-corrected chi connectivity index (χ0v) is 10.8. The van der Waals surface area contributed by atoms with Crippen molar-refractivity contribution < 1.29 is 4.74 Å². The molecule has 0 N–H and O–H groups in total. The van der Waals surface area contributed by atoms with E-state index in [0.717, 1.165) is 25.3 Å². The van der Waals surface area contributed by atoms with Crippen LogP contribution in [-0.2, 0) is 4.74 Å². The number of aromatic nitrogens is 3. The summed E-state index contributed by atoms with van der Waals surface area (Å²) in [6.45, 7) is 1.61. The molecule has 1 aliphatic heterocycles. The molecule has 0 amide bonds. The molecule has 0 aromatic carbocycles. The van der Waals surface area contributed by atoms with E-state index in [0.29, 0.717) is 21.0 Å². The predicted octanol–water partition coefficient (Wildman–Crippen LogP) is 0.770. The van der Waals surface area contributed by atoms with Crippen LogP contribution in [0.1, 0.15) is 12.5 Å². The van der Waals surface area contributed by atoms with E-state index in [1.807, 2.05) is 12.3 Å². The van der Waals surface area contributed by atoms with E-state index in [4.69, 9.17) is 9.84 Å². The maximum atomic E-state index is 5.42. The molecular weight excluding hydrogens is 269 g/mol. The van der Waals surface area contributed by atoms with E-state index in [1.165, 1.54) is 9.98 Å². The molecule has 2 aromatic rings. The first-order valence-electron chi connectivity index (χ1n) is 5.35. The van der Waals surface area contributed by atoms with Crippen LogP contribution in [-0.4, -0.2) is 42.9 Å². The predicted molar refractivity (Wildman–Crippen MR) is 63.3 cm³/mol. The van der Waals surface area contributed by atoms with Crippen LogP contribution in [0.15, 0.2) is 18.3 Å². The molecule has 1 saturated heterocycles. The minimum atomic E-state index is 0.369. The van der Waals surface area contributed by atoms with Crippen molar-refractivity contribution in [2.45, 2.75) is 18.3 Å². The molecule has 4 nitrogen and oxygen atoms in total. The molecule has 5 heteroatoms. The Balaban J connectivity index is 2.16. The van der Waals surface area contributed by atoms with Gasteiger partial charge < -0.3 is 0 Å². The van der Waals surface area contributed by atoms with Crippen molar-refractivity contribution in [3.8, 4) is 0 Å². The second-order valence-corrected chi connectivity index (χ2v) is 5.51. The van der Waals surface area contributed by atoms with Crippen LogP contribution in [0.5, 0.6) is 0 Å². The van der Waals surface area contributed by atoms with Gasteiger partial charge in [-0.25, -0.2) is 0 Å². The summed E-state index contributed by atoms with van der Waals surface area (Å²) in [5.74, 6) is 2.19. The standard InChI is InChI=1S/C11H13N3OSe/c1-16-11-9-3-2-5-12-10(9)14(13-11)8-4-6-15-7-8/h2-3,5,8H,4,6-7H2,1H3.